The smallest absolute Gasteiger partial charge is 0.110 e. The summed E-state index contributed by atoms with van der Waals surface area (Å²) < 4.78 is 0. The molecule has 1 aromatic carbocycles. The quantitative estimate of drug-likeness (QED) is 0.654. The number of nitrogens with zero attached hydrogens (tertiary/aromatic N) is 2. The number of anilines is 1. The average molecular weight is 313 g/mol. The van der Waals surface area contributed by atoms with Gasteiger partial charge in [-0.1, -0.05) is 52.5 Å². The van der Waals surface area contributed by atoms with Gasteiger partial charge in [0, 0.05) is 17.4 Å². The second kappa shape index (κ2) is 6.43. The Hall–Kier alpha value is -1.70. The van der Waals surface area contributed by atoms with Crippen molar-refractivity contribution in [3.63, 3.8) is 0 Å². The fourth-order valence-corrected chi connectivity index (χ4v) is 3.58. The van der Waals surface area contributed by atoms with Gasteiger partial charge in [-0.25, -0.2) is 0 Å². The van der Waals surface area contributed by atoms with Gasteiger partial charge in [-0.15, -0.1) is 0 Å². The summed E-state index contributed by atoms with van der Waals surface area (Å²) in [5, 5.41) is 0. The standard InChI is InChI=1S/C21H32N2/c1-13(2)19-11-10-12-20(14(3)4)21(19)23-17(8)16(7)22(15(5)6)18(23)9/h10-15H,9H2,1-8H3. The zero-order valence-corrected chi connectivity index (χ0v) is 16.1. The van der Waals surface area contributed by atoms with E-state index in [0.717, 1.165) is 5.82 Å². The Kier molecular flexibility index (Phi) is 4.93. The molecule has 1 aliphatic heterocycles. The van der Waals surface area contributed by atoms with Crippen molar-refractivity contribution < 1.29 is 0 Å². The topological polar surface area (TPSA) is 6.48 Å². The number of hydrogen-bond acceptors (Lipinski definition) is 2. The molecule has 1 aromatic rings. The maximum Gasteiger partial charge on any atom is 0.110 e. The summed E-state index contributed by atoms with van der Waals surface area (Å²) in [6.45, 7) is 22.4. The summed E-state index contributed by atoms with van der Waals surface area (Å²) in [4.78, 5) is 4.72. The van der Waals surface area contributed by atoms with Gasteiger partial charge in [0.15, 0.2) is 0 Å². The molecule has 0 saturated carbocycles. The normalized spacial score (nSPS) is 15.9. The third kappa shape index (κ3) is 2.91. The highest BCUT2D eigenvalue weighted by molar-refractivity contribution is 5.70. The van der Waals surface area contributed by atoms with Crippen molar-refractivity contribution in [1.29, 1.82) is 0 Å². The lowest BCUT2D eigenvalue weighted by atomic mass is 9.91. The molecule has 0 amide bonds. The Morgan fingerprint density at radius 3 is 1.65 bits per heavy atom. The number of allylic oxidation sites excluding steroid dienone is 2. The molecule has 0 atom stereocenters. The van der Waals surface area contributed by atoms with Crippen LogP contribution in [-0.2, 0) is 0 Å². The van der Waals surface area contributed by atoms with E-state index in [4.69, 9.17) is 0 Å². The van der Waals surface area contributed by atoms with Crippen molar-refractivity contribution >= 4 is 5.69 Å². The molecule has 0 fully saturated rings. The molecule has 2 nitrogen and oxygen atoms in total. The predicted molar refractivity (Wildman–Crippen MR) is 102 cm³/mol. The first-order chi connectivity index (χ1) is 10.7. The minimum Gasteiger partial charge on any atom is -0.328 e. The van der Waals surface area contributed by atoms with E-state index >= 15 is 0 Å². The molecule has 1 aliphatic rings. The van der Waals surface area contributed by atoms with Crippen LogP contribution >= 0.6 is 0 Å². The summed E-state index contributed by atoms with van der Waals surface area (Å²) in [6.07, 6.45) is 0. The lowest BCUT2D eigenvalue weighted by Gasteiger charge is -2.33. The van der Waals surface area contributed by atoms with Gasteiger partial charge < -0.3 is 4.90 Å². The number of benzene rings is 1. The van der Waals surface area contributed by atoms with Crippen LogP contribution in [0.15, 0.2) is 42.0 Å². The van der Waals surface area contributed by atoms with E-state index < -0.39 is 0 Å². The summed E-state index contributed by atoms with van der Waals surface area (Å²) in [5.41, 5.74) is 6.73. The van der Waals surface area contributed by atoms with Crippen LogP contribution in [0, 0.1) is 0 Å². The van der Waals surface area contributed by atoms with E-state index in [1.165, 1.54) is 28.2 Å². The molecule has 0 unspecified atom stereocenters. The maximum atomic E-state index is 4.43. The first kappa shape index (κ1) is 17.7. The molecule has 0 radical (unpaired) electrons. The molecule has 0 spiro atoms. The van der Waals surface area contributed by atoms with Gasteiger partial charge in [-0.3, -0.25) is 4.90 Å². The maximum absolute atomic E-state index is 4.43. The molecular weight excluding hydrogens is 280 g/mol. The average Bonchev–Trinajstić information content (AvgIpc) is 2.68. The van der Waals surface area contributed by atoms with Crippen LogP contribution < -0.4 is 4.90 Å². The van der Waals surface area contributed by atoms with Crippen molar-refractivity contribution in [2.45, 2.75) is 73.3 Å². The van der Waals surface area contributed by atoms with Crippen molar-refractivity contribution in [3.05, 3.63) is 53.1 Å². The summed E-state index contributed by atoms with van der Waals surface area (Å²) in [5.74, 6) is 2.04. The Labute approximate surface area is 142 Å². The van der Waals surface area contributed by atoms with Gasteiger partial charge in [0.05, 0.1) is 5.69 Å². The molecular formula is C21H32N2. The third-order valence-electron chi connectivity index (χ3n) is 4.84. The fraction of sp³-hybridized carbons (Fsp3) is 0.524. The van der Waals surface area contributed by atoms with E-state index in [1.54, 1.807) is 0 Å². The van der Waals surface area contributed by atoms with Crippen molar-refractivity contribution in [1.82, 2.24) is 4.90 Å². The van der Waals surface area contributed by atoms with Gasteiger partial charge in [-0.2, -0.15) is 0 Å². The molecule has 0 bridgehead atoms. The number of rotatable bonds is 4. The van der Waals surface area contributed by atoms with Crippen molar-refractivity contribution in [3.8, 4) is 0 Å². The van der Waals surface area contributed by atoms with E-state index in [2.05, 4.69) is 90.0 Å². The first-order valence-corrected chi connectivity index (χ1v) is 8.77. The van der Waals surface area contributed by atoms with Crippen LogP contribution in [0.3, 0.4) is 0 Å². The lowest BCUT2D eigenvalue weighted by molar-refractivity contribution is 0.367. The van der Waals surface area contributed by atoms with Crippen LogP contribution in [0.1, 0.15) is 78.4 Å². The van der Waals surface area contributed by atoms with Crippen molar-refractivity contribution in [2.75, 3.05) is 4.90 Å². The van der Waals surface area contributed by atoms with Crippen molar-refractivity contribution in [2.24, 2.45) is 0 Å². The van der Waals surface area contributed by atoms with E-state index in [9.17, 15) is 0 Å². The third-order valence-corrected chi connectivity index (χ3v) is 4.84. The fourth-order valence-electron chi connectivity index (χ4n) is 3.58. The molecule has 2 rings (SSSR count). The molecule has 1 heterocycles. The monoisotopic (exact) mass is 312 g/mol. The molecule has 126 valence electrons. The van der Waals surface area contributed by atoms with Gasteiger partial charge in [0.25, 0.3) is 0 Å². The Balaban J connectivity index is 2.69. The molecule has 0 saturated heterocycles. The Morgan fingerprint density at radius 1 is 0.826 bits per heavy atom. The van der Waals surface area contributed by atoms with Crippen LogP contribution in [0.4, 0.5) is 5.69 Å². The van der Waals surface area contributed by atoms with Crippen LogP contribution in [0.25, 0.3) is 0 Å². The summed E-state index contributed by atoms with van der Waals surface area (Å²) >= 11 is 0. The van der Waals surface area contributed by atoms with Gasteiger partial charge >= 0.3 is 0 Å². The molecule has 2 heteroatoms. The van der Waals surface area contributed by atoms with Gasteiger partial charge in [0.1, 0.15) is 5.82 Å². The highest BCUT2D eigenvalue weighted by Crippen LogP contribution is 2.43. The molecule has 0 aliphatic carbocycles. The van der Waals surface area contributed by atoms with E-state index in [1.807, 2.05) is 0 Å². The summed E-state index contributed by atoms with van der Waals surface area (Å²) in [7, 11) is 0. The number of hydrogen-bond donors (Lipinski definition) is 0. The minimum atomic E-state index is 0.413. The zero-order valence-electron chi connectivity index (χ0n) is 16.1. The van der Waals surface area contributed by atoms with Crippen LogP contribution in [0.2, 0.25) is 0 Å². The largest absolute Gasteiger partial charge is 0.328 e. The predicted octanol–water partition coefficient (Wildman–Crippen LogP) is 6.19. The highest BCUT2D eigenvalue weighted by atomic mass is 15.4. The van der Waals surface area contributed by atoms with Crippen LogP contribution in [0.5, 0.6) is 0 Å². The lowest BCUT2D eigenvalue weighted by Crippen LogP contribution is -2.30. The second-order valence-corrected chi connectivity index (χ2v) is 7.48. The van der Waals surface area contributed by atoms with Crippen LogP contribution in [-0.4, -0.2) is 10.9 Å². The highest BCUT2D eigenvalue weighted by Gasteiger charge is 2.33. The Morgan fingerprint density at radius 2 is 1.30 bits per heavy atom. The van der Waals surface area contributed by atoms with E-state index in [0.29, 0.717) is 17.9 Å². The Bertz CT molecular complexity index is 609. The molecule has 0 aromatic heterocycles. The van der Waals surface area contributed by atoms with Gasteiger partial charge in [-0.05, 0) is 50.7 Å². The minimum absolute atomic E-state index is 0.413. The molecule has 23 heavy (non-hydrogen) atoms. The first-order valence-electron chi connectivity index (χ1n) is 8.77. The second-order valence-electron chi connectivity index (χ2n) is 7.48. The van der Waals surface area contributed by atoms with E-state index in [-0.39, 0.29) is 0 Å². The SMILES string of the molecule is C=C1N(c2c(C(C)C)cccc2C(C)C)C(C)=C(C)N1C(C)C. The van der Waals surface area contributed by atoms with Gasteiger partial charge in [0.2, 0.25) is 0 Å². The zero-order chi connectivity index (χ0) is 17.5. The summed E-state index contributed by atoms with van der Waals surface area (Å²) in [6, 6.07) is 7.13. The molecule has 0 N–H and O–H groups in total. The number of para-hydroxylation sites is 1.